The molecule has 2 nitrogen and oxygen atoms in total. The number of hydrogen-bond donors (Lipinski definition) is 1. The highest BCUT2D eigenvalue weighted by molar-refractivity contribution is 5.34. The highest BCUT2D eigenvalue weighted by atomic mass is 16.3. The molecule has 0 saturated carbocycles. The smallest absolute Gasteiger partial charge is 0.0759 e. The standard InChI is InChI=1S/C11H19NO/c1-6-10(9(4)13)7-11(12-5)8(2)3/h6-9,13H,5H2,1-4H3/b10-6+,11-7-. The van der Waals surface area contributed by atoms with Gasteiger partial charge in [-0.3, -0.25) is 4.99 Å². The van der Waals surface area contributed by atoms with Crippen molar-refractivity contribution in [1.29, 1.82) is 0 Å². The van der Waals surface area contributed by atoms with Gasteiger partial charge in [0.05, 0.1) is 6.10 Å². The monoisotopic (exact) mass is 181 g/mol. The van der Waals surface area contributed by atoms with Gasteiger partial charge in [-0.05, 0) is 38.1 Å². The molecule has 0 amide bonds. The van der Waals surface area contributed by atoms with E-state index in [1.54, 1.807) is 6.92 Å². The third-order valence-corrected chi connectivity index (χ3v) is 1.90. The Morgan fingerprint density at radius 3 is 2.15 bits per heavy atom. The van der Waals surface area contributed by atoms with Crippen molar-refractivity contribution in [2.75, 3.05) is 0 Å². The molecule has 0 spiro atoms. The van der Waals surface area contributed by atoms with Crippen LogP contribution in [0.15, 0.2) is 28.4 Å². The molecule has 1 N–H and O–H groups in total. The van der Waals surface area contributed by atoms with Crippen LogP contribution in [0.25, 0.3) is 0 Å². The normalized spacial score (nSPS) is 16.2. The Kier molecular flexibility index (Phi) is 5.31. The van der Waals surface area contributed by atoms with E-state index in [0.717, 1.165) is 11.3 Å². The molecule has 0 rings (SSSR count). The first-order valence-electron chi connectivity index (χ1n) is 4.55. The van der Waals surface area contributed by atoms with E-state index in [2.05, 4.69) is 25.6 Å². The van der Waals surface area contributed by atoms with Crippen molar-refractivity contribution < 1.29 is 5.11 Å². The van der Waals surface area contributed by atoms with Crippen molar-refractivity contribution in [2.24, 2.45) is 10.9 Å². The molecule has 13 heavy (non-hydrogen) atoms. The van der Waals surface area contributed by atoms with Crippen LogP contribution in [0.5, 0.6) is 0 Å². The van der Waals surface area contributed by atoms with Gasteiger partial charge in [-0.2, -0.15) is 0 Å². The van der Waals surface area contributed by atoms with E-state index in [1.165, 1.54) is 0 Å². The maximum absolute atomic E-state index is 9.36. The Labute approximate surface area is 80.7 Å². The van der Waals surface area contributed by atoms with Crippen LogP contribution in [-0.4, -0.2) is 17.9 Å². The third-order valence-electron chi connectivity index (χ3n) is 1.90. The van der Waals surface area contributed by atoms with Gasteiger partial charge in [0, 0.05) is 5.70 Å². The summed E-state index contributed by atoms with van der Waals surface area (Å²) in [5, 5.41) is 9.36. The molecule has 0 radical (unpaired) electrons. The second-order valence-corrected chi connectivity index (χ2v) is 3.35. The molecule has 0 aromatic rings. The zero-order valence-corrected chi connectivity index (χ0v) is 8.91. The van der Waals surface area contributed by atoms with Crippen molar-refractivity contribution >= 4 is 6.72 Å². The van der Waals surface area contributed by atoms with Gasteiger partial charge >= 0.3 is 0 Å². The van der Waals surface area contributed by atoms with Crippen LogP contribution < -0.4 is 0 Å². The van der Waals surface area contributed by atoms with E-state index in [0.29, 0.717) is 5.92 Å². The Bertz CT molecular complexity index is 224. The SMILES string of the molecule is C=N/C(=C\C(=C/C)C(C)O)C(C)C. The maximum Gasteiger partial charge on any atom is 0.0759 e. The fraction of sp³-hybridized carbons (Fsp3) is 0.545. The number of aliphatic hydroxyl groups is 1. The van der Waals surface area contributed by atoms with Crippen molar-refractivity contribution in [1.82, 2.24) is 0 Å². The fourth-order valence-electron chi connectivity index (χ4n) is 1.01. The van der Waals surface area contributed by atoms with Gasteiger partial charge in [0.25, 0.3) is 0 Å². The molecule has 0 aliphatic heterocycles. The summed E-state index contributed by atoms with van der Waals surface area (Å²) in [5.74, 6) is 0.339. The van der Waals surface area contributed by atoms with E-state index >= 15 is 0 Å². The Morgan fingerprint density at radius 2 is 1.92 bits per heavy atom. The molecule has 0 bridgehead atoms. The number of nitrogens with zero attached hydrogens (tertiary/aromatic N) is 1. The number of hydrogen-bond acceptors (Lipinski definition) is 2. The van der Waals surface area contributed by atoms with Gasteiger partial charge in [-0.15, -0.1) is 0 Å². The Morgan fingerprint density at radius 1 is 1.38 bits per heavy atom. The Balaban J connectivity index is 4.76. The molecule has 0 aromatic carbocycles. The molecule has 0 fully saturated rings. The van der Waals surface area contributed by atoms with Crippen molar-refractivity contribution in [3.63, 3.8) is 0 Å². The zero-order chi connectivity index (χ0) is 10.4. The van der Waals surface area contributed by atoms with Gasteiger partial charge in [-0.1, -0.05) is 19.9 Å². The summed E-state index contributed by atoms with van der Waals surface area (Å²) >= 11 is 0. The van der Waals surface area contributed by atoms with E-state index in [4.69, 9.17) is 0 Å². The molecular weight excluding hydrogens is 162 g/mol. The van der Waals surface area contributed by atoms with Crippen LogP contribution >= 0.6 is 0 Å². The summed E-state index contributed by atoms with van der Waals surface area (Å²) in [7, 11) is 0. The average Bonchev–Trinajstić information content (AvgIpc) is 2.05. The molecule has 0 aliphatic carbocycles. The summed E-state index contributed by atoms with van der Waals surface area (Å²) in [4.78, 5) is 3.92. The van der Waals surface area contributed by atoms with Gasteiger partial charge in [0.2, 0.25) is 0 Å². The first-order valence-corrected chi connectivity index (χ1v) is 4.55. The lowest BCUT2D eigenvalue weighted by Gasteiger charge is -2.09. The van der Waals surface area contributed by atoms with Crippen LogP contribution in [0, 0.1) is 5.92 Å². The Hall–Kier alpha value is -0.890. The largest absolute Gasteiger partial charge is 0.389 e. The van der Waals surface area contributed by atoms with E-state index < -0.39 is 6.10 Å². The van der Waals surface area contributed by atoms with Gasteiger partial charge in [0.15, 0.2) is 0 Å². The van der Waals surface area contributed by atoms with E-state index in [-0.39, 0.29) is 0 Å². The number of allylic oxidation sites excluding steroid dienone is 2. The molecule has 0 saturated heterocycles. The zero-order valence-electron chi connectivity index (χ0n) is 8.91. The summed E-state index contributed by atoms with van der Waals surface area (Å²) < 4.78 is 0. The minimum atomic E-state index is -0.444. The molecule has 74 valence electrons. The number of rotatable bonds is 4. The first-order chi connectivity index (χ1) is 6.02. The second-order valence-electron chi connectivity index (χ2n) is 3.35. The quantitative estimate of drug-likeness (QED) is 0.524. The maximum atomic E-state index is 9.36. The van der Waals surface area contributed by atoms with Crippen molar-refractivity contribution in [3.05, 3.63) is 23.4 Å². The summed E-state index contributed by atoms with van der Waals surface area (Å²) in [6.07, 6.45) is 3.33. The average molecular weight is 181 g/mol. The number of aliphatic hydroxyl groups excluding tert-OH is 1. The minimum absolute atomic E-state index is 0.339. The van der Waals surface area contributed by atoms with Crippen LogP contribution in [0.2, 0.25) is 0 Å². The van der Waals surface area contributed by atoms with Crippen molar-refractivity contribution in [2.45, 2.75) is 33.8 Å². The van der Waals surface area contributed by atoms with Crippen LogP contribution in [0.4, 0.5) is 0 Å². The van der Waals surface area contributed by atoms with Crippen LogP contribution in [-0.2, 0) is 0 Å². The summed E-state index contributed by atoms with van der Waals surface area (Å²) in [6.45, 7) is 11.2. The molecule has 1 unspecified atom stereocenters. The lowest BCUT2D eigenvalue weighted by molar-refractivity contribution is 0.235. The number of aliphatic imine (C=N–C) groups is 1. The third kappa shape index (κ3) is 4.04. The molecule has 2 heteroatoms. The van der Waals surface area contributed by atoms with Gasteiger partial charge in [0.1, 0.15) is 0 Å². The molecule has 0 aromatic heterocycles. The predicted octanol–water partition coefficient (Wildman–Crippen LogP) is 2.55. The molecular formula is C11H19NO. The molecule has 1 atom stereocenters. The predicted molar refractivity (Wildman–Crippen MR) is 57.9 cm³/mol. The lowest BCUT2D eigenvalue weighted by atomic mass is 10.0. The minimum Gasteiger partial charge on any atom is -0.389 e. The van der Waals surface area contributed by atoms with Crippen LogP contribution in [0.1, 0.15) is 27.7 Å². The lowest BCUT2D eigenvalue weighted by Crippen LogP contribution is -2.03. The van der Waals surface area contributed by atoms with Crippen LogP contribution in [0.3, 0.4) is 0 Å². The highest BCUT2D eigenvalue weighted by Gasteiger charge is 2.04. The van der Waals surface area contributed by atoms with E-state index in [1.807, 2.05) is 19.1 Å². The van der Waals surface area contributed by atoms with Gasteiger partial charge in [-0.25, -0.2) is 0 Å². The topological polar surface area (TPSA) is 32.6 Å². The van der Waals surface area contributed by atoms with Gasteiger partial charge < -0.3 is 5.11 Å². The van der Waals surface area contributed by atoms with E-state index in [9.17, 15) is 5.11 Å². The second kappa shape index (κ2) is 5.70. The van der Waals surface area contributed by atoms with Crippen molar-refractivity contribution in [3.8, 4) is 0 Å². The molecule has 0 heterocycles. The highest BCUT2D eigenvalue weighted by Crippen LogP contribution is 2.15. The summed E-state index contributed by atoms with van der Waals surface area (Å²) in [6, 6.07) is 0. The first kappa shape index (κ1) is 12.1. The summed E-state index contributed by atoms with van der Waals surface area (Å²) in [5.41, 5.74) is 1.80. The molecule has 0 aliphatic rings. The fourth-order valence-corrected chi connectivity index (χ4v) is 1.01.